The van der Waals surface area contributed by atoms with E-state index in [-0.39, 0.29) is 6.42 Å². The third-order valence-corrected chi connectivity index (χ3v) is 2.20. The van der Waals surface area contributed by atoms with Crippen molar-refractivity contribution in [2.75, 3.05) is 0 Å². The molecular weight excluding hydrogens is 230 g/mol. The van der Waals surface area contributed by atoms with Crippen LogP contribution in [-0.2, 0) is 20.7 Å². The SMILES string of the molecule is [2H]N[C@H](Cc1ccccc1)C(=O)C(=O)OC(C)(C)C. The van der Waals surface area contributed by atoms with Crippen LogP contribution in [0, 0.1) is 0 Å². The maximum absolute atomic E-state index is 11.9. The Bertz CT molecular complexity index is 440. The fourth-order valence-corrected chi connectivity index (χ4v) is 1.41. The van der Waals surface area contributed by atoms with Crippen molar-refractivity contribution < 1.29 is 15.7 Å². The molecule has 0 aliphatic carbocycles. The van der Waals surface area contributed by atoms with Gasteiger partial charge >= 0.3 is 5.97 Å². The summed E-state index contributed by atoms with van der Waals surface area (Å²) in [4.78, 5) is 23.6. The lowest BCUT2D eigenvalue weighted by atomic mass is 10.0. The number of hydrogen-bond donors (Lipinski definition) is 1. The minimum Gasteiger partial charge on any atom is -0.454 e. The van der Waals surface area contributed by atoms with E-state index in [9.17, 15) is 9.59 Å². The molecule has 0 saturated heterocycles. The van der Waals surface area contributed by atoms with Gasteiger partial charge in [-0.15, -0.1) is 0 Å². The summed E-state index contributed by atoms with van der Waals surface area (Å²) in [6.07, 6.45) is 0.280. The monoisotopic (exact) mass is 250 g/mol. The van der Waals surface area contributed by atoms with Crippen LogP contribution in [0.5, 0.6) is 0 Å². The van der Waals surface area contributed by atoms with Crippen LogP contribution in [0.2, 0.25) is 1.41 Å². The first-order valence-electron chi connectivity index (χ1n) is 6.32. The number of carbonyl (C=O) groups is 2. The number of nitrogens with two attached hydrogens (primary N) is 1. The molecule has 18 heavy (non-hydrogen) atoms. The number of ketones is 1. The number of Topliss-reactive ketones (excluding diaryl/α,β-unsaturated/α-hetero) is 1. The summed E-state index contributed by atoms with van der Waals surface area (Å²) >= 11 is 0. The Hall–Kier alpha value is -1.68. The van der Waals surface area contributed by atoms with Crippen LogP contribution >= 0.6 is 0 Å². The van der Waals surface area contributed by atoms with Gasteiger partial charge < -0.3 is 10.5 Å². The molecule has 2 N–H and O–H groups in total. The largest absolute Gasteiger partial charge is 0.454 e. The van der Waals surface area contributed by atoms with E-state index in [1.165, 1.54) is 0 Å². The van der Waals surface area contributed by atoms with E-state index in [4.69, 9.17) is 6.15 Å². The summed E-state index contributed by atoms with van der Waals surface area (Å²) in [6, 6.07) is 8.34. The molecule has 0 aliphatic rings. The number of ether oxygens (including phenoxy) is 1. The van der Waals surface area contributed by atoms with E-state index < -0.39 is 23.4 Å². The van der Waals surface area contributed by atoms with Gasteiger partial charge in [0.05, 0.1) is 6.04 Å². The Kier molecular flexibility index (Phi) is 4.10. The summed E-state index contributed by atoms with van der Waals surface area (Å²) in [7, 11) is 0. The summed E-state index contributed by atoms with van der Waals surface area (Å²) < 4.78 is 12.2. The highest BCUT2D eigenvalue weighted by atomic mass is 16.6. The van der Waals surface area contributed by atoms with Crippen LogP contribution in [0.4, 0.5) is 0 Å². The van der Waals surface area contributed by atoms with E-state index in [1.54, 1.807) is 20.8 Å². The molecule has 0 aromatic heterocycles. The van der Waals surface area contributed by atoms with Crippen molar-refractivity contribution in [3.05, 3.63) is 35.9 Å². The van der Waals surface area contributed by atoms with E-state index in [2.05, 4.69) is 5.73 Å². The second kappa shape index (κ2) is 5.78. The number of benzene rings is 1. The maximum Gasteiger partial charge on any atom is 0.376 e. The smallest absolute Gasteiger partial charge is 0.376 e. The minimum atomic E-state index is -0.909. The highest BCUT2D eigenvalue weighted by Gasteiger charge is 2.27. The average molecular weight is 250 g/mol. The average Bonchev–Trinajstić information content (AvgIpc) is 2.34. The molecule has 1 atom stereocenters. The lowest BCUT2D eigenvalue weighted by Gasteiger charge is -2.20. The van der Waals surface area contributed by atoms with Crippen molar-refractivity contribution in [2.45, 2.75) is 38.8 Å². The van der Waals surface area contributed by atoms with Crippen molar-refractivity contribution in [3.8, 4) is 0 Å². The molecule has 0 fully saturated rings. The van der Waals surface area contributed by atoms with E-state index >= 15 is 0 Å². The molecule has 98 valence electrons. The van der Waals surface area contributed by atoms with E-state index in [0.29, 0.717) is 0 Å². The third kappa shape index (κ3) is 4.67. The molecule has 1 rings (SSSR count). The minimum absolute atomic E-state index is 0.280. The first-order valence-corrected chi connectivity index (χ1v) is 5.82. The normalized spacial score (nSPS) is 13.6. The topological polar surface area (TPSA) is 69.4 Å². The highest BCUT2D eigenvalue weighted by molar-refractivity contribution is 6.35. The Labute approximate surface area is 109 Å². The third-order valence-electron chi connectivity index (χ3n) is 2.20. The molecule has 1 aromatic carbocycles. The van der Waals surface area contributed by atoms with Gasteiger partial charge in [0.25, 0.3) is 5.78 Å². The zero-order valence-electron chi connectivity index (χ0n) is 11.9. The Morgan fingerprint density at radius 1 is 1.33 bits per heavy atom. The Balaban J connectivity index is 2.69. The van der Waals surface area contributed by atoms with E-state index in [0.717, 1.165) is 5.56 Å². The first kappa shape index (κ1) is 12.8. The standard InChI is InChI=1S/C14H19NO3/c1-14(2,3)18-13(17)12(16)11(15)9-10-7-5-4-6-8-10/h4-8,11H,9,15H2,1-3H3/t11-/m1/s1/i/hD. The van der Waals surface area contributed by atoms with Crippen LogP contribution in [0.25, 0.3) is 0 Å². The molecule has 0 spiro atoms. The predicted molar refractivity (Wildman–Crippen MR) is 69.0 cm³/mol. The zero-order chi connectivity index (χ0) is 14.5. The molecule has 0 saturated carbocycles. The van der Waals surface area contributed by atoms with Crippen LogP contribution in [0.15, 0.2) is 30.3 Å². The first-order chi connectivity index (χ1) is 8.83. The lowest BCUT2D eigenvalue weighted by molar-refractivity contribution is -0.162. The van der Waals surface area contributed by atoms with E-state index in [1.807, 2.05) is 30.3 Å². The molecule has 0 unspecified atom stereocenters. The quantitative estimate of drug-likeness (QED) is 0.634. The summed E-state index contributed by atoms with van der Waals surface area (Å²) in [5.74, 6) is -1.64. The number of rotatable bonds is 5. The van der Waals surface area contributed by atoms with Gasteiger partial charge in [0.15, 0.2) is 0 Å². The van der Waals surface area contributed by atoms with Gasteiger partial charge in [0.1, 0.15) is 7.01 Å². The van der Waals surface area contributed by atoms with Gasteiger partial charge in [-0.1, -0.05) is 30.3 Å². The summed E-state index contributed by atoms with van der Waals surface area (Å²) in [6.45, 7) is 5.08. The molecule has 4 nitrogen and oxygen atoms in total. The molecular formula is C14H19NO3. The number of carbonyl (C=O) groups excluding carboxylic acids is 2. The number of esters is 1. The fraction of sp³-hybridized carbons (Fsp3) is 0.429. The van der Waals surface area contributed by atoms with Crippen LogP contribution in [0.1, 0.15) is 26.3 Å². The van der Waals surface area contributed by atoms with Gasteiger partial charge in [0, 0.05) is 0 Å². The molecule has 0 heterocycles. The van der Waals surface area contributed by atoms with Crippen molar-refractivity contribution in [1.29, 1.82) is 0 Å². The van der Waals surface area contributed by atoms with Gasteiger partial charge in [-0.2, -0.15) is 0 Å². The molecule has 0 radical (unpaired) electrons. The summed E-state index contributed by atoms with van der Waals surface area (Å²) in [5.41, 5.74) is 2.28. The molecule has 0 amide bonds. The Morgan fingerprint density at radius 2 is 1.94 bits per heavy atom. The summed E-state index contributed by atoms with van der Waals surface area (Å²) in [5, 5.41) is 0. The van der Waals surface area contributed by atoms with Crippen LogP contribution < -0.4 is 5.73 Å². The van der Waals surface area contributed by atoms with Crippen molar-refractivity contribution in [1.82, 2.24) is 0 Å². The molecule has 1 aromatic rings. The number of hydrogen-bond acceptors (Lipinski definition) is 4. The molecule has 4 heteroatoms. The van der Waals surface area contributed by atoms with Crippen LogP contribution in [0.3, 0.4) is 0 Å². The van der Waals surface area contributed by atoms with Crippen molar-refractivity contribution in [2.24, 2.45) is 5.73 Å². The van der Waals surface area contributed by atoms with Gasteiger partial charge in [0.2, 0.25) is 0 Å². The Morgan fingerprint density at radius 3 is 2.44 bits per heavy atom. The second-order valence-electron chi connectivity index (χ2n) is 5.11. The lowest BCUT2D eigenvalue weighted by Crippen LogP contribution is -2.41. The zero-order valence-corrected chi connectivity index (χ0v) is 10.9. The van der Waals surface area contributed by atoms with Gasteiger partial charge in [-0.3, -0.25) is 4.79 Å². The van der Waals surface area contributed by atoms with Crippen LogP contribution in [-0.4, -0.2) is 23.4 Å². The highest BCUT2D eigenvalue weighted by Crippen LogP contribution is 2.09. The van der Waals surface area contributed by atoms with Crippen molar-refractivity contribution in [3.63, 3.8) is 0 Å². The molecule has 0 bridgehead atoms. The fourth-order valence-electron chi connectivity index (χ4n) is 1.41. The predicted octanol–water partition coefficient (Wildman–Crippen LogP) is 1.47. The van der Waals surface area contributed by atoms with Crippen molar-refractivity contribution >= 4 is 11.8 Å². The van der Waals surface area contributed by atoms with Gasteiger partial charge in [-0.25, -0.2) is 4.79 Å². The maximum atomic E-state index is 11.9. The molecule has 0 aliphatic heterocycles. The second-order valence-corrected chi connectivity index (χ2v) is 5.11. The van der Waals surface area contributed by atoms with Gasteiger partial charge in [-0.05, 0) is 32.8 Å².